The lowest BCUT2D eigenvalue weighted by Crippen LogP contribution is -3.13. The average Bonchev–Trinajstić information content (AvgIpc) is 3.23. The quantitative estimate of drug-likeness (QED) is 0.655. The van der Waals surface area contributed by atoms with Crippen LogP contribution in [-0.2, 0) is 16.6 Å². The summed E-state index contributed by atoms with van der Waals surface area (Å²) < 4.78 is 50.2. The number of hydrogen-bond acceptors (Lipinski definition) is 6. The maximum Gasteiger partial charge on any atom is 0.247 e. The summed E-state index contributed by atoms with van der Waals surface area (Å²) in [7, 11) is -3.68. The maximum absolute atomic E-state index is 13.4. The van der Waals surface area contributed by atoms with E-state index in [-0.39, 0.29) is 11.7 Å². The van der Waals surface area contributed by atoms with Gasteiger partial charge in [-0.15, -0.1) is 0 Å². The first-order valence-electron chi connectivity index (χ1n) is 10.6. The molecule has 2 aliphatic heterocycles. The molecule has 0 spiro atoms. The van der Waals surface area contributed by atoms with E-state index in [1.54, 1.807) is 22.5 Å². The van der Waals surface area contributed by atoms with E-state index in [0.29, 0.717) is 37.8 Å². The van der Waals surface area contributed by atoms with E-state index >= 15 is 0 Å². The van der Waals surface area contributed by atoms with Crippen LogP contribution in [0.1, 0.15) is 19.4 Å². The molecule has 8 nitrogen and oxygen atoms in total. The molecule has 168 valence electrons. The van der Waals surface area contributed by atoms with Crippen molar-refractivity contribution < 1.29 is 32.3 Å². The van der Waals surface area contributed by atoms with Crippen LogP contribution < -0.4 is 23.8 Å². The molecule has 1 saturated heterocycles. The zero-order valence-corrected chi connectivity index (χ0v) is 18.7. The number of piperazine rings is 1. The number of rotatable bonds is 8. The van der Waals surface area contributed by atoms with Gasteiger partial charge in [0.15, 0.2) is 11.5 Å². The summed E-state index contributed by atoms with van der Waals surface area (Å²) in [4.78, 5) is 1.50. The summed E-state index contributed by atoms with van der Waals surface area (Å²) in [6.45, 7) is 7.99. The third-order valence-corrected chi connectivity index (χ3v) is 7.38. The first-order valence-corrected chi connectivity index (χ1v) is 12.1. The Morgan fingerprint density at radius 1 is 0.968 bits per heavy atom. The van der Waals surface area contributed by atoms with Gasteiger partial charge >= 0.3 is 0 Å². The number of quaternary nitrogens is 1. The number of ether oxygens (including phenoxy) is 4. The van der Waals surface area contributed by atoms with Gasteiger partial charge in [0.25, 0.3) is 0 Å². The van der Waals surface area contributed by atoms with Gasteiger partial charge in [-0.3, -0.25) is 0 Å². The SMILES string of the molecule is CCOc1ccc(OCC)c(S(=O)(=O)N2CC[NH+](Cc3ccc4c(c3)OCO4)CC2)c1. The number of fused-ring (bicyclic) bond motifs is 1. The summed E-state index contributed by atoms with van der Waals surface area (Å²) in [6.07, 6.45) is 0. The highest BCUT2D eigenvalue weighted by molar-refractivity contribution is 7.89. The van der Waals surface area contributed by atoms with Gasteiger partial charge in [-0.05, 0) is 44.2 Å². The molecular weight excluding hydrogens is 420 g/mol. The van der Waals surface area contributed by atoms with E-state index in [9.17, 15) is 8.42 Å². The van der Waals surface area contributed by atoms with E-state index in [1.807, 2.05) is 32.0 Å². The molecule has 0 radical (unpaired) electrons. The first kappa shape index (κ1) is 21.7. The molecule has 0 unspecified atom stereocenters. The van der Waals surface area contributed by atoms with Gasteiger partial charge in [0.2, 0.25) is 16.8 Å². The first-order chi connectivity index (χ1) is 15.0. The Hall–Kier alpha value is -2.49. The van der Waals surface area contributed by atoms with Gasteiger partial charge < -0.3 is 23.8 Å². The van der Waals surface area contributed by atoms with E-state index in [1.165, 1.54) is 4.90 Å². The minimum absolute atomic E-state index is 0.166. The lowest BCUT2D eigenvalue weighted by Gasteiger charge is -2.32. The molecule has 1 N–H and O–H groups in total. The summed E-state index contributed by atoms with van der Waals surface area (Å²) in [5, 5.41) is 0. The summed E-state index contributed by atoms with van der Waals surface area (Å²) in [5.41, 5.74) is 1.15. The van der Waals surface area contributed by atoms with Crippen molar-refractivity contribution in [1.82, 2.24) is 4.31 Å². The normalized spacial score (nSPS) is 17.0. The van der Waals surface area contributed by atoms with Crippen LogP contribution in [0.3, 0.4) is 0 Å². The molecule has 1 fully saturated rings. The molecule has 0 atom stereocenters. The lowest BCUT2D eigenvalue weighted by atomic mass is 10.2. The topological polar surface area (TPSA) is 78.7 Å². The third kappa shape index (κ3) is 4.73. The van der Waals surface area contributed by atoms with Crippen LogP contribution in [0.4, 0.5) is 0 Å². The molecule has 4 rings (SSSR count). The molecule has 0 bridgehead atoms. The number of benzene rings is 2. The molecular formula is C22H29N2O6S+. The zero-order chi connectivity index (χ0) is 21.8. The predicted octanol–water partition coefficient (Wildman–Crippen LogP) is 1.30. The molecule has 0 saturated carbocycles. The van der Waals surface area contributed by atoms with Crippen molar-refractivity contribution >= 4 is 10.0 Å². The van der Waals surface area contributed by atoms with Gasteiger partial charge in [0, 0.05) is 11.6 Å². The second-order valence-electron chi connectivity index (χ2n) is 7.49. The van der Waals surface area contributed by atoms with E-state index < -0.39 is 10.0 Å². The second-order valence-corrected chi connectivity index (χ2v) is 9.40. The zero-order valence-electron chi connectivity index (χ0n) is 17.9. The standard InChI is InChI=1S/C22H28N2O6S/c1-3-27-18-6-8-20(28-4-2)22(14-18)31(25,26)24-11-9-23(10-12-24)15-17-5-7-19-21(13-17)30-16-29-19/h5-8,13-14H,3-4,9-12,15-16H2,1-2H3/p+1. The maximum atomic E-state index is 13.4. The fourth-order valence-electron chi connectivity index (χ4n) is 3.92. The minimum atomic E-state index is -3.68. The molecule has 2 aliphatic rings. The van der Waals surface area contributed by atoms with Gasteiger partial charge in [-0.25, -0.2) is 8.42 Å². The number of sulfonamides is 1. The Morgan fingerprint density at radius 3 is 2.45 bits per heavy atom. The van der Waals surface area contributed by atoms with Crippen molar-refractivity contribution in [2.24, 2.45) is 0 Å². The molecule has 0 amide bonds. The smallest absolute Gasteiger partial charge is 0.247 e. The molecule has 0 aliphatic carbocycles. The summed E-state index contributed by atoms with van der Waals surface area (Å²) in [5.74, 6) is 2.43. The molecule has 2 aromatic carbocycles. The minimum Gasteiger partial charge on any atom is -0.494 e. The fraction of sp³-hybridized carbons (Fsp3) is 0.455. The van der Waals surface area contributed by atoms with Crippen molar-refractivity contribution in [2.75, 3.05) is 46.2 Å². The Bertz CT molecular complexity index is 1020. The summed E-state index contributed by atoms with van der Waals surface area (Å²) in [6, 6.07) is 10.9. The Labute approximate surface area is 183 Å². The number of nitrogens with zero attached hydrogens (tertiary/aromatic N) is 1. The van der Waals surface area contributed by atoms with Crippen molar-refractivity contribution in [2.45, 2.75) is 25.3 Å². The van der Waals surface area contributed by atoms with Crippen LogP contribution in [0, 0.1) is 0 Å². The largest absolute Gasteiger partial charge is 0.494 e. The van der Waals surface area contributed by atoms with Crippen molar-refractivity contribution in [3.63, 3.8) is 0 Å². The van der Waals surface area contributed by atoms with Crippen LogP contribution in [0.15, 0.2) is 41.3 Å². The molecule has 2 heterocycles. The van der Waals surface area contributed by atoms with Crippen LogP contribution >= 0.6 is 0 Å². The van der Waals surface area contributed by atoms with E-state index in [4.69, 9.17) is 18.9 Å². The van der Waals surface area contributed by atoms with Crippen molar-refractivity contribution in [3.8, 4) is 23.0 Å². The van der Waals surface area contributed by atoms with Gasteiger partial charge in [0.05, 0.1) is 39.4 Å². The van der Waals surface area contributed by atoms with Gasteiger partial charge in [-0.2, -0.15) is 4.31 Å². The van der Waals surface area contributed by atoms with Crippen molar-refractivity contribution in [3.05, 3.63) is 42.0 Å². The molecule has 9 heteroatoms. The van der Waals surface area contributed by atoms with E-state index in [2.05, 4.69) is 0 Å². The van der Waals surface area contributed by atoms with Crippen LogP contribution in [0.5, 0.6) is 23.0 Å². The summed E-state index contributed by atoms with van der Waals surface area (Å²) >= 11 is 0. The number of hydrogen-bond donors (Lipinski definition) is 1. The third-order valence-electron chi connectivity index (χ3n) is 5.46. The molecule has 2 aromatic rings. The molecule has 0 aromatic heterocycles. The van der Waals surface area contributed by atoms with Crippen LogP contribution in [0.25, 0.3) is 0 Å². The highest BCUT2D eigenvalue weighted by Crippen LogP contribution is 2.33. The second kappa shape index (κ2) is 9.33. The van der Waals surface area contributed by atoms with Crippen molar-refractivity contribution in [1.29, 1.82) is 0 Å². The van der Waals surface area contributed by atoms with E-state index in [0.717, 1.165) is 36.7 Å². The van der Waals surface area contributed by atoms with Crippen LogP contribution in [-0.4, -0.2) is 58.9 Å². The van der Waals surface area contributed by atoms with Gasteiger partial charge in [-0.1, -0.05) is 0 Å². The fourth-order valence-corrected chi connectivity index (χ4v) is 5.51. The van der Waals surface area contributed by atoms with Gasteiger partial charge in [0.1, 0.15) is 22.9 Å². The number of nitrogens with one attached hydrogen (secondary N) is 1. The average molecular weight is 450 g/mol. The Morgan fingerprint density at radius 2 is 1.71 bits per heavy atom. The predicted molar refractivity (Wildman–Crippen MR) is 115 cm³/mol. The Kier molecular flexibility index (Phi) is 6.54. The monoisotopic (exact) mass is 449 g/mol. The highest BCUT2D eigenvalue weighted by atomic mass is 32.2. The lowest BCUT2D eigenvalue weighted by molar-refractivity contribution is -0.917. The molecule has 31 heavy (non-hydrogen) atoms. The highest BCUT2D eigenvalue weighted by Gasteiger charge is 2.33. The Balaban J connectivity index is 1.44. The van der Waals surface area contributed by atoms with Crippen LogP contribution in [0.2, 0.25) is 0 Å².